The van der Waals surface area contributed by atoms with E-state index in [2.05, 4.69) is 20.9 Å². The maximum absolute atomic E-state index is 11.3. The summed E-state index contributed by atoms with van der Waals surface area (Å²) >= 11 is 3.20. The fourth-order valence-electron chi connectivity index (χ4n) is 1.81. The molecular weight excluding hydrogens is 326 g/mol. The second-order valence-corrected chi connectivity index (χ2v) is 4.70. The predicted molar refractivity (Wildman–Crippen MR) is 74.3 cm³/mol. The van der Waals surface area contributed by atoms with Gasteiger partial charge in [0.25, 0.3) is 0 Å². The van der Waals surface area contributed by atoms with Crippen LogP contribution in [0.2, 0.25) is 0 Å². The lowest BCUT2D eigenvalue weighted by molar-refractivity contribution is 0.0691. The lowest BCUT2D eigenvalue weighted by Crippen LogP contribution is -1.98. The second kappa shape index (κ2) is 4.97. The molecule has 3 rings (SSSR count). The zero-order valence-electron chi connectivity index (χ0n) is 10.0. The molecule has 0 fully saturated rings. The fraction of sp³-hybridized carbons (Fsp3) is 0. The van der Waals surface area contributed by atoms with Gasteiger partial charge in [-0.3, -0.25) is 0 Å². The van der Waals surface area contributed by atoms with Gasteiger partial charge in [0.2, 0.25) is 5.89 Å². The van der Waals surface area contributed by atoms with Crippen molar-refractivity contribution < 1.29 is 18.7 Å². The van der Waals surface area contributed by atoms with E-state index in [9.17, 15) is 9.90 Å². The number of aromatic nitrogens is 1. The maximum atomic E-state index is 11.3. The van der Waals surface area contributed by atoms with Crippen LogP contribution in [0.3, 0.4) is 0 Å². The molecule has 0 aliphatic heterocycles. The third-order valence-corrected chi connectivity index (χ3v) is 3.33. The summed E-state index contributed by atoms with van der Waals surface area (Å²) in [5, 5.41) is 9.25. The van der Waals surface area contributed by atoms with Crippen LogP contribution in [-0.2, 0) is 0 Å². The lowest BCUT2D eigenvalue weighted by Gasteiger charge is -1.94. The maximum Gasteiger partial charge on any atom is 0.358 e. The Labute approximate surface area is 122 Å². The van der Waals surface area contributed by atoms with Crippen LogP contribution in [0.25, 0.3) is 22.8 Å². The van der Waals surface area contributed by atoms with Crippen molar-refractivity contribution in [3.63, 3.8) is 0 Å². The van der Waals surface area contributed by atoms with Gasteiger partial charge in [0.15, 0.2) is 16.1 Å². The van der Waals surface area contributed by atoms with Gasteiger partial charge < -0.3 is 13.9 Å². The van der Waals surface area contributed by atoms with E-state index < -0.39 is 5.97 Å². The van der Waals surface area contributed by atoms with E-state index in [0.717, 1.165) is 0 Å². The number of furan rings is 1. The number of halogens is 1. The van der Waals surface area contributed by atoms with Gasteiger partial charge in [0.05, 0.1) is 11.8 Å². The highest BCUT2D eigenvalue weighted by molar-refractivity contribution is 9.10. The van der Waals surface area contributed by atoms with Crippen molar-refractivity contribution >= 4 is 21.9 Å². The highest BCUT2D eigenvalue weighted by atomic mass is 79.9. The van der Waals surface area contributed by atoms with Crippen molar-refractivity contribution in [1.82, 2.24) is 4.98 Å². The van der Waals surface area contributed by atoms with Gasteiger partial charge in [-0.25, -0.2) is 9.78 Å². The minimum atomic E-state index is -1.15. The molecule has 0 aliphatic rings. The Bertz CT molecular complexity index is 761. The number of oxazole rings is 1. The molecule has 0 bridgehead atoms. The van der Waals surface area contributed by atoms with E-state index in [1.54, 1.807) is 18.2 Å². The first-order valence-corrected chi connectivity index (χ1v) is 6.49. The molecule has 0 unspecified atom stereocenters. The van der Waals surface area contributed by atoms with Gasteiger partial charge >= 0.3 is 5.97 Å². The molecule has 5 nitrogen and oxygen atoms in total. The lowest BCUT2D eigenvalue weighted by atomic mass is 10.2. The topological polar surface area (TPSA) is 76.5 Å². The number of carboxylic acids is 1. The number of nitrogens with zero attached hydrogens (tertiary/aromatic N) is 1. The molecule has 2 aromatic heterocycles. The molecule has 100 valence electrons. The van der Waals surface area contributed by atoms with Crippen LogP contribution in [0.15, 0.2) is 56.2 Å². The summed E-state index contributed by atoms with van der Waals surface area (Å²) in [7, 11) is 0. The number of benzene rings is 1. The number of rotatable bonds is 3. The number of carbonyl (C=O) groups is 1. The largest absolute Gasteiger partial charge is 0.476 e. The Hall–Kier alpha value is -2.34. The quantitative estimate of drug-likeness (QED) is 0.781. The normalized spacial score (nSPS) is 10.7. The molecule has 3 aromatic rings. The van der Waals surface area contributed by atoms with Crippen LogP contribution in [0.5, 0.6) is 0 Å². The molecule has 0 saturated carbocycles. The molecule has 20 heavy (non-hydrogen) atoms. The minimum Gasteiger partial charge on any atom is -0.476 e. The van der Waals surface area contributed by atoms with Gasteiger partial charge in [0, 0.05) is 5.56 Å². The van der Waals surface area contributed by atoms with Crippen LogP contribution < -0.4 is 0 Å². The summed E-state index contributed by atoms with van der Waals surface area (Å²) in [6, 6.07) is 10.7. The monoisotopic (exact) mass is 333 g/mol. The molecule has 0 amide bonds. The SMILES string of the molecule is O=C(O)c1nc(-c2ccccc2)oc1-c1ccoc1Br. The van der Waals surface area contributed by atoms with Crippen molar-refractivity contribution in [2.24, 2.45) is 0 Å². The molecule has 0 radical (unpaired) electrons. The van der Waals surface area contributed by atoms with E-state index in [0.29, 0.717) is 15.8 Å². The molecular formula is C14H8BrNO4. The van der Waals surface area contributed by atoms with E-state index in [1.807, 2.05) is 18.2 Å². The van der Waals surface area contributed by atoms with Gasteiger partial charge in [-0.15, -0.1) is 0 Å². The van der Waals surface area contributed by atoms with Crippen molar-refractivity contribution in [1.29, 1.82) is 0 Å². The predicted octanol–water partition coefficient (Wildman–Crippen LogP) is 4.06. The van der Waals surface area contributed by atoms with Crippen LogP contribution in [0, 0.1) is 0 Å². The second-order valence-electron chi connectivity index (χ2n) is 3.98. The number of hydrogen-bond acceptors (Lipinski definition) is 4. The third kappa shape index (κ3) is 2.14. The average Bonchev–Trinajstić information content (AvgIpc) is 3.05. The highest BCUT2D eigenvalue weighted by Gasteiger charge is 2.24. The van der Waals surface area contributed by atoms with Crippen molar-refractivity contribution in [3.8, 4) is 22.8 Å². The fourth-order valence-corrected chi connectivity index (χ4v) is 2.23. The van der Waals surface area contributed by atoms with Gasteiger partial charge in [-0.2, -0.15) is 0 Å². The van der Waals surface area contributed by atoms with Crippen LogP contribution in [0.4, 0.5) is 0 Å². The van der Waals surface area contributed by atoms with E-state index in [4.69, 9.17) is 8.83 Å². The Balaban J connectivity index is 2.18. The van der Waals surface area contributed by atoms with E-state index >= 15 is 0 Å². The summed E-state index contributed by atoms with van der Waals surface area (Å²) in [6.45, 7) is 0. The highest BCUT2D eigenvalue weighted by Crippen LogP contribution is 2.34. The smallest absolute Gasteiger partial charge is 0.358 e. The zero-order valence-corrected chi connectivity index (χ0v) is 11.6. The molecule has 2 heterocycles. The summed E-state index contributed by atoms with van der Waals surface area (Å²) in [5.41, 5.74) is 1.07. The molecule has 0 atom stereocenters. The Morgan fingerprint density at radius 1 is 1.20 bits per heavy atom. The number of aromatic carboxylic acids is 1. The van der Waals surface area contributed by atoms with E-state index in [-0.39, 0.29) is 17.3 Å². The third-order valence-electron chi connectivity index (χ3n) is 2.71. The average molecular weight is 334 g/mol. The van der Waals surface area contributed by atoms with Crippen LogP contribution >= 0.6 is 15.9 Å². The first kappa shape index (κ1) is 12.7. The summed E-state index contributed by atoms with van der Waals surface area (Å²) in [6.07, 6.45) is 1.44. The van der Waals surface area contributed by atoms with Crippen molar-refractivity contribution in [2.75, 3.05) is 0 Å². The molecule has 1 N–H and O–H groups in total. The standard InChI is InChI=1S/C14H8BrNO4/c15-12-9(6-7-19-12)11-10(14(17)18)16-13(20-11)8-4-2-1-3-5-8/h1-7H,(H,17,18). The first-order valence-electron chi connectivity index (χ1n) is 5.69. The van der Waals surface area contributed by atoms with Gasteiger partial charge in [-0.1, -0.05) is 18.2 Å². The Morgan fingerprint density at radius 2 is 1.95 bits per heavy atom. The van der Waals surface area contributed by atoms with Crippen LogP contribution in [0.1, 0.15) is 10.5 Å². The summed E-state index contributed by atoms with van der Waals surface area (Å²) in [4.78, 5) is 15.4. The summed E-state index contributed by atoms with van der Waals surface area (Å²) in [5.74, 6) is -0.734. The molecule has 6 heteroatoms. The van der Waals surface area contributed by atoms with Crippen molar-refractivity contribution in [2.45, 2.75) is 0 Å². The first-order chi connectivity index (χ1) is 9.66. The molecule has 1 aromatic carbocycles. The zero-order chi connectivity index (χ0) is 14.1. The van der Waals surface area contributed by atoms with Gasteiger partial charge in [0.1, 0.15) is 0 Å². The molecule has 0 aliphatic carbocycles. The molecule has 0 saturated heterocycles. The Morgan fingerprint density at radius 3 is 2.55 bits per heavy atom. The van der Waals surface area contributed by atoms with Gasteiger partial charge in [-0.05, 0) is 34.1 Å². The summed E-state index contributed by atoms with van der Waals surface area (Å²) < 4.78 is 11.1. The minimum absolute atomic E-state index is 0.147. The number of carboxylic acid groups (broad SMARTS) is 1. The van der Waals surface area contributed by atoms with Crippen molar-refractivity contribution in [3.05, 3.63) is 53.0 Å². The van der Waals surface area contributed by atoms with Crippen LogP contribution in [-0.4, -0.2) is 16.1 Å². The van der Waals surface area contributed by atoms with E-state index in [1.165, 1.54) is 6.26 Å². The molecule has 0 spiro atoms. The number of hydrogen-bond donors (Lipinski definition) is 1. The Kier molecular flexibility index (Phi) is 3.15.